The molecule has 4 heteroatoms. The summed E-state index contributed by atoms with van der Waals surface area (Å²) in [6.07, 6.45) is 1.79. The minimum atomic E-state index is 0.249. The molecule has 2 heterocycles. The van der Waals surface area contributed by atoms with Crippen LogP contribution in [0, 0.1) is 0 Å². The van der Waals surface area contributed by atoms with Crippen LogP contribution in [0.3, 0.4) is 0 Å². The first-order valence-corrected chi connectivity index (χ1v) is 5.29. The van der Waals surface area contributed by atoms with E-state index in [2.05, 4.69) is 10.3 Å². The Balaban J connectivity index is 1.88. The molecule has 1 aromatic carbocycles. The van der Waals surface area contributed by atoms with Crippen molar-refractivity contribution in [2.45, 2.75) is 5.92 Å². The van der Waals surface area contributed by atoms with Gasteiger partial charge in [-0.3, -0.25) is 0 Å². The molecular weight excluding hydrogens is 204 g/mol. The van der Waals surface area contributed by atoms with Crippen LogP contribution in [-0.2, 0) is 0 Å². The molecule has 4 nitrogen and oxygen atoms in total. The van der Waals surface area contributed by atoms with Crippen molar-refractivity contribution in [2.75, 3.05) is 13.1 Å². The van der Waals surface area contributed by atoms with Gasteiger partial charge < -0.3 is 14.8 Å². The number of rotatable bonds is 2. The maximum Gasteiger partial charge on any atom is 0.226 e. The lowest BCUT2D eigenvalue weighted by molar-refractivity contribution is 0.373. The molecule has 1 aliphatic rings. The highest BCUT2D eigenvalue weighted by molar-refractivity contribution is 5.54. The van der Waals surface area contributed by atoms with Gasteiger partial charge >= 0.3 is 0 Å². The van der Waals surface area contributed by atoms with Crippen LogP contribution >= 0.6 is 0 Å². The van der Waals surface area contributed by atoms with Crippen molar-refractivity contribution in [2.24, 2.45) is 0 Å². The highest BCUT2D eigenvalue weighted by Crippen LogP contribution is 2.26. The van der Waals surface area contributed by atoms with E-state index in [4.69, 9.17) is 4.42 Å². The smallest absolute Gasteiger partial charge is 0.226 e. The molecule has 1 aromatic heterocycles. The third-order valence-corrected chi connectivity index (χ3v) is 2.82. The van der Waals surface area contributed by atoms with Gasteiger partial charge in [0.05, 0.1) is 6.20 Å². The summed E-state index contributed by atoms with van der Waals surface area (Å²) in [6, 6.07) is 6.85. The highest BCUT2D eigenvalue weighted by Gasteiger charge is 2.23. The van der Waals surface area contributed by atoms with Crippen molar-refractivity contribution >= 4 is 0 Å². The van der Waals surface area contributed by atoms with Crippen molar-refractivity contribution < 1.29 is 9.52 Å². The van der Waals surface area contributed by atoms with E-state index in [1.165, 1.54) is 0 Å². The Kier molecular flexibility index (Phi) is 2.15. The van der Waals surface area contributed by atoms with Gasteiger partial charge in [-0.1, -0.05) is 0 Å². The number of phenolic OH excluding ortho intramolecular Hbond substituents is 1. The van der Waals surface area contributed by atoms with Crippen LogP contribution in [-0.4, -0.2) is 23.2 Å². The monoisotopic (exact) mass is 216 g/mol. The Labute approximate surface area is 92.9 Å². The first kappa shape index (κ1) is 9.42. The molecule has 1 aliphatic heterocycles. The van der Waals surface area contributed by atoms with Gasteiger partial charge in [0.15, 0.2) is 0 Å². The number of nitrogens with zero attached hydrogens (tertiary/aromatic N) is 1. The van der Waals surface area contributed by atoms with E-state index < -0.39 is 0 Å². The first-order chi connectivity index (χ1) is 7.83. The third kappa shape index (κ3) is 1.57. The molecule has 1 saturated heterocycles. The average Bonchev–Trinajstić information content (AvgIpc) is 2.65. The molecule has 0 unspecified atom stereocenters. The van der Waals surface area contributed by atoms with Crippen LogP contribution in [0.2, 0.25) is 0 Å². The van der Waals surface area contributed by atoms with Gasteiger partial charge in [-0.2, -0.15) is 0 Å². The average molecular weight is 216 g/mol. The summed E-state index contributed by atoms with van der Waals surface area (Å²) >= 11 is 0. The SMILES string of the molecule is Oc1ccc(-c2ncc(C3CNC3)o2)cc1. The number of aromatic hydroxyl groups is 1. The fourth-order valence-electron chi connectivity index (χ4n) is 1.70. The Morgan fingerprint density at radius 1 is 1.25 bits per heavy atom. The molecule has 3 rings (SSSR count). The minimum absolute atomic E-state index is 0.249. The molecule has 82 valence electrons. The molecule has 2 aromatic rings. The lowest BCUT2D eigenvalue weighted by Crippen LogP contribution is -2.39. The maximum atomic E-state index is 9.18. The summed E-state index contributed by atoms with van der Waals surface area (Å²) in [6.45, 7) is 1.93. The number of benzene rings is 1. The van der Waals surface area contributed by atoms with Crippen molar-refractivity contribution in [3.63, 3.8) is 0 Å². The number of oxazole rings is 1. The molecule has 0 radical (unpaired) electrons. The number of nitrogens with one attached hydrogen (secondary N) is 1. The normalized spacial score (nSPS) is 16.0. The molecule has 0 aliphatic carbocycles. The van der Waals surface area contributed by atoms with Gasteiger partial charge in [-0.25, -0.2) is 4.98 Å². The number of aromatic nitrogens is 1. The summed E-state index contributed by atoms with van der Waals surface area (Å²) < 4.78 is 5.68. The highest BCUT2D eigenvalue weighted by atomic mass is 16.4. The zero-order valence-electron chi connectivity index (χ0n) is 8.68. The zero-order valence-corrected chi connectivity index (χ0v) is 8.68. The van der Waals surface area contributed by atoms with Gasteiger partial charge in [0.25, 0.3) is 0 Å². The zero-order chi connectivity index (χ0) is 11.0. The largest absolute Gasteiger partial charge is 0.508 e. The second-order valence-electron chi connectivity index (χ2n) is 3.97. The second-order valence-corrected chi connectivity index (χ2v) is 3.97. The Hall–Kier alpha value is -1.81. The summed E-state index contributed by atoms with van der Waals surface area (Å²) in [5, 5.41) is 12.4. The summed E-state index contributed by atoms with van der Waals surface area (Å²) in [5.74, 6) is 2.25. The standard InChI is InChI=1S/C12H12N2O2/c15-10-3-1-8(2-4-10)12-14-7-11(16-12)9-5-13-6-9/h1-4,7,9,13,15H,5-6H2. The molecule has 0 bridgehead atoms. The van der Waals surface area contributed by atoms with E-state index in [0.29, 0.717) is 11.8 Å². The minimum Gasteiger partial charge on any atom is -0.508 e. The summed E-state index contributed by atoms with van der Waals surface area (Å²) in [5.41, 5.74) is 0.885. The Morgan fingerprint density at radius 3 is 2.62 bits per heavy atom. The summed E-state index contributed by atoms with van der Waals surface area (Å²) in [4.78, 5) is 4.24. The van der Waals surface area contributed by atoms with E-state index >= 15 is 0 Å². The molecule has 0 saturated carbocycles. The van der Waals surface area contributed by atoms with Crippen LogP contribution < -0.4 is 5.32 Å². The molecule has 2 N–H and O–H groups in total. The molecule has 0 atom stereocenters. The predicted molar refractivity (Wildman–Crippen MR) is 59.2 cm³/mol. The second kappa shape index (κ2) is 3.64. The van der Waals surface area contributed by atoms with E-state index in [-0.39, 0.29) is 5.75 Å². The maximum absolute atomic E-state index is 9.18. The lowest BCUT2D eigenvalue weighted by Gasteiger charge is -2.24. The van der Waals surface area contributed by atoms with Crippen molar-refractivity contribution in [3.05, 3.63) is 36.2 Å². The Morgan fingerprint density at radius 2 is 2.00 bits per heavy atom. The van der Waals surface area contributed by atoms with Crippen LogP contribution in [0.1, 0.15) is 11.7 Å². The van der Waals surface area contributed by atoms with Crippen molar-refractivity contribution in [3.8, 4) is 17.2 Å². The topological polar surface area (TPSA) is 58.3 Å². The molecule has 0 spiro atoms. The van der Waals surface area contributed by atoms with E-state index in [1.54, 1.807) is 30.5 Å². The van der Waals surface area contributed by atoms with Crippen LogP contribution in [0.5, 0.6) is 5.75 Å². The van der Waals surface area contributed by atoms with E-state index in [9.17, 15) is 5.11 Å². The molecule has 0 amide bonds. The van der Waals surface area contributed by atoms with E-state index in [1.807, 2.05) is 0 Å². The van der Waals surface area contributed by atoms with Gasteiger partial charge in [0, 0.05) is 24.6 Å². The lowest BCUT2D eigenvalue weighted by atomic mass is 10.0. The fraction of sp³-hybridized carbons (Fsp3) is 0.250. The van der Waals surface area contributed by atoms with Crippen LogP contribution in [0.4, 0.5) is 0 Å². The quantitative estimate of drug-likeness (QED) is 0.802. The van der Waals surface area contributed by atoms with Crippen LogP contribution in [0.15, 0.2) is 34.9 Å². The third-order valence-electron chi connectivity index (χ3n) is 2.82. The molecule has 1 fully saturated rings. The van der Waals surface area contributed by atoms with Crippen molar-refractivity contribution in [1.82, 2.24) is 10.3 Å². The number of hydrogen-bond donors (Lipinski definition) is 2. The number of hydrogen-bond acceptors (Lipinski definition) is 4. The Bertz CT molecular complexity index is 486. The first-order valence-electron chi connectivity index (χ1n) is 5.29. The van der Waals surface area contributed by atoms with Gasteiger partial charge in [-0.15, -0.1) is 0 Å². The van der Waals surface area contributed by atoms with Gasteiger partial charge in [-0.05, 0) is 24.3 Å². The molecule has 16 heavy (non-hydrogen) atoms. The van der Waals surface area contributed by atoms with E-state index in [0.717, 1.165) is 24.4 Å². The summed E-state index contributed by atoms with van der Waals surface area (Å²) in [7, 11) is 0. The van der Waals surface area contributed by atoms with Crippen molar-refractivity contribution in [1.29, 1.82) is 0 Å². The van der Waals surface area contributed by atoms with Gasteiger partial charge in [0.1, 0.15) is 11.5 Å². The fourth-order valence-corrected chi connectivity index (χ4v) is 1.70. The van der Waals surface area contributed by atoms with Gasteiger partial charge in [0.2, 0.25) is 5.89 Å². The van der Waals surface area contributed by atoms with Crippen LogP contribution in [0.25, 0.3) is 11.5 Å². The predicted octanol–water partition coefficient (Wildman–Crippen LogP) is 1.73. The molecular formula is C12H12N2O2. The number of phenols is 1.